The van der Waals surface area contributed by atoms with Gasteiger partial charge in [0, 0.05) is 28.9 Å². The number of ether oxygens (including phenoxy) is 3. The Hall–Kier alpha value is -4.26. The number of rotatable bonds is 6. The van der Waals surface area contributed by atoms with Crippen LogP contribution in [0.1, 0.15) is 98.2 Å². The number of esters is 1. The number of hydrogen-bond acceptors (Lipinski definition) is 5. The zero-order valence-electron chi connectivity index (χ0n) is 26.7. The highest BCUT2D eigenvalue weighted by molar-refractivity contribution is 5.99. The molecule has 3 aliphatic rings. The van der Waals surface area contributed by atoms with E-state index >= 15 is 0 Å². The van der Waals surface area contributed by atoms with Gasteiger partial charge in [-0.25, -0.2) is 9.59 Å². The summed E-state index contributed by atoms with van der Waals surface area (Å²) in [6.45, 7) is 6.45. The highest BCUT2D eigenvalue weighted by Gasteiger charge is 2.59. The van der Waals surface area contributed by atoms with Gasteiger partial charge in [-0.2, -0.15) is 0 Å². The van der Waals surface area contributed by atoms with Crippen LogP contribution < -0.4 is 10.1 Å². The Balaban J connectivity index is 1.35. The molecule has 7 rings (SSSR count). The molecule has 2 unspecified atom stereocenters. The largest absolute Gasteiger partial charge is 0.497 e. The number of carbonyl (C=O) groups is 2. The fourth-order valence-electron chi connectivity index (χ4n) is 7.58. The molecule has 1 aromatic heterocycles. The molecule has 7 nitrogen and oxygen atoms in total. The molecule has 1 amide bonds. The summed E-state index contributed by atoms with van der Waals surface area (Å²) < 4.78 is 19.6. The van der Waals surface area contributed by atoms with Crippen LogP contribution >= 0.6 is 0 Å². The molecule has 0 saturated heterocycles. The number of nitrogens with zero attached hydrogens (tertiary/aromatic N) is 1. The van der Waals surface area contributed by atoms with E-state index < -0.39 is 17.2 Å². The minimum Gasteiger partial charge on any atom is -0.497 e. The molecule has 4 aromatic rings. The highest BCUT2D eigenvalue weighted by Crippen LogP contribution is 2.60. The van der Waals surface area contributed by atoms with Crippen LogP contribution in [-0.2, 0) is 22.6 Å². The molecule has 2 saturated carbocycles. The van der Waals surface area contributed by atoms with E-state index in [0.717, 1.165) is 36.1 Å². The molecule has 0 spiro atoms. The second kappa shape index (κ2) is 11.3. The molecular formula is C38H42N2O5. The lowest BCUT2D eigenvalue weighted by molar-refractivity contribution is 0.00695. The van der Waals surface area contributed by atoms with Crippen molar-refractivity contribution >= 4 is 23.0 Å². The SMILES string of the molecule is COc1ccc2c(c1)C1CC1(NC(=O)OCc1ccccc1)Cn1c-2c(C2CCCCC2)c2ccc(C(=O)OC(C)(C)C)cc21. The van der Waals surface area contributed by atoms with Crippen molar-refractivity contribution in [3.63, 3.8) is 0 Å². The van der Waals surface area contributed by atoms with Crippen LogP contribution in [0.25, 0.3) is 22.2 Å². The molecule has 2 fully saturated rings. The summed E-state index contributed by atoms with van der Waals surface area (Å²) >= 11 is 0. The number of methoxy groups -OCH3 is 1. The number of hydrogen-bond donors (Lipinski definition) is 1. The van der Waals surface area contributed by atoms with Crippen molar-refractivity contribution in [1.29, 1.82) is 0 Å². The van der Waals surface area contributed by atoms with Gasteiger partial charge in [-0.3, -0.25) is 0 Å². The first-order valence-electron chi connectivity index (χ1n) is 16.2. The Morgan fingerprint density at radius 1 is 0.978 bits per heavy atom. The first kappa shape index (κ1) is 29.5. The molecule has 2 atom stereocenters. The van der Waals surface area contributed by atoms with Gasteiger partial charge in [-0.05, 0) is 93.0 Å². The summed E-state index contributed by atoms with van der Waals surface area (Å²) in [5.41, 5.74) is 6.26. The van der Waals surface area contributed by atoms with Crippen LogP contribution in [0.5, 0.6) is 5.75 Å². The molecule has 2 aliphatic carbocycles. The Morgan fingerprint density at radius 3 is 2.49 bits per heavy atom. The average molecular weight is 607 g/mol. The molecule has 7 heteroatoms. The van der Waals surface area contributed by atoms with Crippen LogP contribution in [0.3, 0.4) is 0 Å². The van der Waals surface area contributed by atoms with Crippen LogP contribution in [0.15, 0.2) is 66.7 Å². The van der Waals surface area contributed by atoms with Gasteiger partial charge in [0.15, 0.2) is 0 Å². The Morgan fingerprint density at radius 2 is 1.76 bits per heavy atom. The molecule has 3 aromatic carbocycles. The van der Waals surface area contributed by atoms with E-state index in [-0.39, 0.29) is 18.5 Å². The Kier molecular flexibility index (Phi) is 7.38. The van der Waals surface area contributed by atoms with E-state index in [2.05, 4.69) is 28.1 Å². The number of alkyl carbamates (subject to hydrolysis) is 1. The van der Waals surface area contributed by atoms with E-state index in [1.165, 1.54) is 47.0 Å². The van der Waals surface area contributed by atoms with Crippen molar-refractivity contribution < 1.29 is 23.8 Å². The molecule has 0 radical (unpaired) electrons. The van der Waals surface area contributed by atoms with Crippen molar-refractivity contribution in [3.05, 3.63) is 89.0 Å². The zero-order valence-corrected chi connectivity index (χ0v) is 26.7. The van der Waals surface area contributed by atoms with Gasteiger partial charge < -0.3 is 24.1 Å². The summed E-state index contributed by atoms with van der Waals surface area (Å²) in [5.74, 6) is 1.00. The van der Waals surface area contributed by atoms with E-state index in [1.54, 1.807) is 7.11 Å². The third-order valence-corrected chi connectivity index (χ3v) is 9.72. The third kappa shape index (κ3) is 5.58. The van der Waals surface area contributed by atoms with Crippen LogP contribution in [0.2, 0.25) is 0 Å². The van der Waals surface area contributed by atoms with Gasteiger partial charge in [-0.15, -0.1) is 0 Å². The van der Waals surface area contributed by atoms with Crippen LogP contribution in [0.4, 0.5) is 4.79 Å². The quantitative estimate of drug-likeness (QED) is 0.223. The second-order valence-electron chi connectivity index (χ2n) is 14.0. The summed E-state index contributed by atoms with van der Waals surface area (Å²) in [7, 11) is 1.69. The maximum Gasteiger partial charge on any atom is 0.407 e. The van der Waals surface area contributed by atoms with Gasteiger partial charge in [0.2, 0.25) is 0 Å². The Bertz CT molecular complexity index is 1760. The number of amides is 1. The normalized spacial score (nSPS) is 20.8. The van der Waals surface area contributed by atoms with Gasteiger partial charge >= 0.3 is 12.1 Å². The number of aromatic nitrogens is 1. The lowest BCUT2D eigenvalue weighted by Gasteiger charge is -2.24. The average Bonchev–Trinajstić information content (AvgIpc) is 3.66. The lowest BCUT2D eigenvalue weighted by Crippen LogP contribution is -2.41. The predicted octanol–water partition coefficient (Wildman–Crippen LogP) is 8.49. The van der Waals surface area contributed by atoms with Crippen molar-refractivity contribution in [2.45, 2.75) is 95.4 Å². The summed E-state index contributed by atoms with van der Waals surface area (Å²) in [6, 6.07) is 22.1. The fourth-order valence-corrected chi connectivity index (χ4v) is 7.58. The standard InChI is InChI=1S/C38H42N2O5/c1-37(2,3)45-35(41)26-15-17-29-32(19-26)40-23-38(39-36(42)44-22-24-11-7-5-8-12-24)21-31(38)30-20-27(43-4)16-18-28(30)34(40)33(29)25-13-9-6-10-14-25/h5,7-8,11-12,15-20,25,31H,6,9-10,13-14,21-23H2,1-4H3,(H,39,42). The maximum atomic E-state index is 13.3. The fraction of sp³-hybridized carbons (Fsp3) is 0.421. The minimum absolute atomic E-state index is 0.107. The maximum absolute atomic E-state index is 13.3. The lowest BCUT2D eigenvalue weighted by atomic mass is 9.81. The first-order chi connectivity index (χ1) is 21.7. The van der Waals surface area contributed by atoms with Crippen molar-refractivity contribution in [2.24, 2.45) is 0 Å². The minimum atomic E-state index is -0.595. The van der Waals surface area contributed by atoms with Crippen molar-refractivity contribution in [1.82, 2.24) is 9.88 Å². The van der Waals surface area contributed by atoms with E-state index in [1.807, 2.05) is 69.3 Å². The van der Waals surface area contributed by atoms with Gasteiger partial charge in [0.1, 0.15) is 18.0 Å². The van der Waals surface area contributed by atoms with Crippen LogP contribution in [-0.4, -0.2) is 34.9 Å². The molecule has 2 heterocycles. The van der Waals surface area contributed by atoms with E-state index in [9.17, 15) is 9.59 Å². The summed E-state index contributed by atoms with van der Waals surface area (Å²) in [6.07, 6.45) is 6.34. The molecular weight excluding hydrogens is 564 g/mol. The third-order valence-electron chi connectivity index (χ3n) is 9.72. The second-order valence-corrected chi connectivity index (χ2v) is 14.0. The monoisotopic (exact) mass is 606 g/mol. The predicted molar refractivity (Wildman–Crippen MR) is 175 cm³/mol. The number of benzene rings is 3. The number of fused-ring (bicyclic) bond motifs is 7. The Labute approximate surface area is 264 Å². The van der Waals surface area contributed by atoms with E-state index in [4.69, 9.17) is 14.2 Å². The molecule has 1 N–H and O–H groups in total. The zero-order chi connectivity index (χ0) is 31.3. The topological polar surface area (TPSA) is 78.8 Å². The molecule has 45 heavy (non-hydrogen) atoms. The number of carbonyl (C=O) groups excluding carboxylic acids is 2. The highest BCUT2D eigenvalue weighted by atomic mass is 16.6. The van der Waals surface area contributed by atoms with Gasteiger partial charge in [0.05, 0.1) is 23.9 Å². The van der Waals surface area contributed by atoms with E-state index in [0.29, 0.717) is 18.0 Å². The molecule has 0 bridgehead atoms. The van der Waals surface area contributed by atoms with Gasteiger partial charge in [-0.1, -0.05) is 55.7 Å². The summed E-state index contributed by atoms with van der Waals surface area (Å²) in [5, 5.41) is 4.48. The molecule has 234 valence electrons. The molecule has 1 aliphatic heterocycles. The van der Waals surface area contributed by atoms with Crippen molar-refractivity contribution in [3.8, 4) is 17.0 Å². The van der Waals surface area contributed by atoms with Crippen LogP contribution in [0, 0.1) is 0 Å². The summed E-state index contributed by atoms with van der Waals surface area (Å²) in [4.78, 5) is 26.6. The smallest absolute Gasteiger partial charge is 0.407 e. The van der Waals surface area contributed by atoms with Gasteiger partial charge in [0.25, 0.3) is 0 Å². The first-order valence-corrected chi connectivity index (χ1v) is 16.2. The number of nitrogens with one attached hydrogen (secondary N) is 1. The van der Waals surface area contributed by atoms with Crippen molar-refractivity contribution in [2.75, 3.05) is 7.11 Å².